The predicted molar refractivity (Wildman–Crippen MR) is 62.9 cm³/mol. The Kier molecular flexibility index (Phi) is 4.78. The third kappa shape index (κ3) is 3.48. The molecule has 1 aliphatic rings. The van der Waals surface area contributed by atoms with Gasteiger partial charge in [0.2, 0.25) is 0 Å². The van der Waals surface area contributed by atoms with E-state index in [4.69, 9.17) is 9.84 Å². The second kappa shape index (κ2) is 5.67. The molecule has 4 atom stereocenters. The lowest BCUT2D eigenvalue weighted by atomic mass is 9.75. The summed E-state index contributed by atoms with van der Waals surface area (Å²) in [7, 11) is 0. The van der Waals surface area contributed by atoms with Gasteiger partial charge in [0.25, 0.3) is 0 Å². The molecule has 3 heteroatoms. The second-order valence-electron chi connectivity index (χ2n) is 5.48. The maximum atomic E-state index is 11.4. The van der Waals surface area contributed by atoms with Gasteiger partial charge in [0, 0.05) is 0 Å². The van der Waals surface area contributed by atoms with Crippen LogP contribution in [0, 0.1) is 17.8 Å². The van der Waals surface area contributed by atoms with Crippen molar-refractivity contribution in [2.45, 2.75) is 59.2 Å². The molecule has 0 heterocycles. The van der Waals surface area contributed by atoms with Crippen molar-refractivity contribution in [2.75, 3.05) is 0 Å². The van der Waals surface area contributed by atoms with Crippen molar-refractivity contribution in [3.63, 3.8) is 0 Å². The van der Waals surface area contributed by atoms with Crippen LogP contribution in [0.2, 0.25) is 0 Å². The molecule has 1 saturated carbocycles. The summed E-state index contributed by atoms with van der Waals surface area (Å²) in [6.07, 6.45) is 2.25. The van der Waals surface area contributed by atoms with E-state index in [0.29, 0.717) is 17.8 Å². The molecule has 0 spiro atoms. The number of aliphatic hydroxyl groups is 1. The maximum Gasteiger partial charge on any atom is 0.334 e. The van der Waals surface area contributed by atoms with Gasteiger partial charge in [0.05, 0.1) is 0 Å². The topological polar surface area (TPSA) is 46.5 Å². The summed E-state index contributed by atoms with van der Waals surface area (Å²) < 4.78 is 5.41. The van der Waals surface area contributed by atoms with Gasteiger partial charge >= 0.3 is 5.97 Å². The van der Waals surface area contributed by atoms with Gasteiger partial charge in [-0.25, -0.2) is 4.79 Å². The van der Waals surface area contributed by atoms with Crippen LogP contribution in [-0.2, 0) is 9.53 Å². The Morgan fingerprint density at radius 3 is 2.44 bits per heavy atom. The molecular formula is C13H24O3. The fraction of sp³-hybridized carbons (Fsp3) is 0.923. The van der Waals surface area contributed by atoms with E-state index >= 15 is 0 Å². The Morgan fingerprint density at radius 1 is 1.31 bits per heavy atom. The minimum absolute atomic E-state index is 0.00847. The van der Waals surface area contributed by atoms with Crippen molar-refractivity contribution in [2.24, 2.45) is 17.8 Å². The fourth-order valence-corrected chi connectivity index (χ4v) is 2.50. The van der Waals surface area contributed by atoms with Gasteiger partial charge in [-0.15, -0.1) is 0 Å². The molecule has 3 nitrogen and oxygen atoms in total. The smallest absolute Gasteiger partial charge is 0.334 e. The van der Waals surface area contributed by atoms with Gasteiger partial charge in [-0.1, -0.05) is 27.2 Å². The third-order valence-electron chi connectivity index (χ3n) is 3.57. The standard InChI is InChI=1S/C13H24O3/c1-8(2)11-6-5-9(3)7-12(11)16-13(15)10(4)14/h8-12,14H,5-7H2,1-4H3/t9?,10-,11?,12-/m1/s1. The number of ether oxygens (including phenoxy) is 1. The van der Waals surface area contributed by atoms with Crippen LogP contribution in [-0.4, -0.2) is 23.3 Å². The highest BCUT2D eigenvalue weighted by atomic mass is 16.6. The van der Waals surface area contributed by atoms with Crippen molar-refractivity contribution >= 4 is 5.97 Å². The van der Waals surface area contributed by atoms with Crippen molar-refractivity contribution in [1.82, 2.24) is 0 Å². The first-order valence-electron chi connectivity index (χ1n) is 6.30. The Hall–Kier alpha value is -0.570. The van der Waals surface area contributed by atoms with Gasteiger partial charge in [0.15, 0.2) is 0 Å². The molecule has 0 amide bonds. The number of rotatable bonds is 3. The number of esters is 1. The molecule has 1 N–H and O–H groups in total. The van der Waals surface area contributed by atoms with Gasteiger partial charge in [-0.2, -0.15) is 0 Å². The van der Waals surface area contributed by atoms with Gasteiger partial charge in [-0.3, -0.25) is 0 Å². The van der Waals surface area contributed by atoms with E-state index in [1.165, 1.54) is 13.3 Å². The molecule has 1 aliphatic carbocycles. The van der Waals surface area contributed by atoms with Crippen LogP contribution in [0.4, 0.5) is 0 Å². The minimum Gasteiger partial charge on any atom is -0.460 e. The van der Waals surface area contributed by atoms with Crippen LogP contribution in [0.1, 0.15) is 47.0 Å². The van der Waals surface area contributed by atoms with E-state index in [2.05, 4.69) is 20.8 Å². The molecular weight excluding hydrogens is 204 g/mol. The lowest BCUT2D eigenvalue weighted by molar-refractivity contribution is -0.164. The summed E-state index contributed by atoms with van der Waals surface area (Å²) in [6, 6.07) is 0. The molecule has 0 aromatic heterocycles. The van der Waals surface area contributed by atoms with Crippen LogP contribution in [0.15, 0.2) is 0 Å². The molecule has 94 valence electrons. The number of carbonyl (C=O) groups is 1. The van der Waals surface area contributed by atoms with Crippen molar-refractivity contribution in [1.29, 1.82) is 0 Å². The zero-order valence-electron chi connectivity index (χ0n) is 10.8. The molecule has 0 radical (unpaired) electrons. The number of aliphatic hydroxyl groups excluding tert-OH is 1. The molecule has 0 aromatic carbocycles. The zero-order valence-corrected chi connectivity index (χ0v) is 10.8. The van der Waals surface area contributed by atoms with Crippen LogP contribution in [0.25, 0.3) is 0 Å². The fourth-order valence-electron chi connectivity index (χ4n) is 2.50. The van der Waals surface area contributed by atoms with Crippen molar-refractivity contribution in [3.05, 3.63) is 0 Å². The Labute approximate surface area is 98.2 Å². The number of carbonyl (C=O) groups excluding carboxylic acids is 1. The monoisotopic (exact) mass is 228 g/mol. The molecule has 0 bridgehead atoms. The van der Waals surface area contributed by atoms with Crippen LogP contribution in [0.5, 0.6) is 0 Å². The van der Waals surface area contributed by atoms with Gasteiger partial charge in [0.1, 0.15) is 12.2 Å². The largest absolute Gasteiger partial charge is 0.460 e. The molecule has 0 aliphatic heterocycles. The molecule has 0 aromatic rings. The zero-order chi connectivity index (χ0) is 12.3. The molecule has 2 unspecified atom stereocenters. The quantitative estimate of drug-likeness (QED) is 0.754. The lowest BCUT2D eigenvalue weighted by Crippen LogP contribution is -2.37. The van der Waals surface area contributed by atoms with Crippen molar-refractivity contribution in [3.8, 4) is 0 Å². The van der Waals surface area contributed by atoms with Crippen molar-refractivity contribution < 1.29 is 14.6 Å². The highest BCUT2D eigenvalue weighted by Crippen LogP contribution is 2.35. The molecule has 1 fully saturated rings. The Morgan fingerprint density at radius 2 is 1.94 bits per heavy atom. The minimum atomic E-state index is -1.01. The number of hydrogen-bond acceptors (Lipinski definition) is 3. The normalized spacial score (nSPS) is 32.5. The highest BCUT2D eigenvalue weighted by molar-refractivity contribution is 5.74. The van der Waals surface area contributed by atoms with E-state index < -0.39 is 12.1 Å². The molecule has 0 saturated heterocycles. The SMILES string of the molecule is CC1CCC(C(C)C)[C@H](OC(=O)[C@@H](C)O)C1. The first-order chi connectivity index (χ1) is 7.41. The first kappa shape index (κ1) is 13.5. The lowest BCUT2D eigenvalue weighted by Gasteiger charge is -2.36. The number of hydrogen-bond donors (Lipinski definition) is 1. The van der Waals surface area contributed by atoms with Crippen LogP contribution < -0.4 is 0 Å². The molecule has 1 rings (SSSR count). The van der Waals surface area contributed by atoms with E-state index in [0.717, 1.165) is 12.8 Å². The third-order valence-corrected chi connectivity index (χ3v) is 3.57. The van der Waals surface area contributed by atoms with E-state index in [1.54, 1.807) is 0 Å². The van der Waals surface area contributed by atoms with Crippen LogP contribution in [0.3, 0.4) is 0 Å². The van der Waals surface area contributed by atoms with Gasteiger partial charge in [-0.05, 0) is 37.5 Å². The first-order valence-corrected chi connectivity index (χ1v) is 6.30. The average molecular weight is 228 g/mol. The predicted octanol–water partition coefficient (Wildman–Crippen LogP) is 2.37. The summed E-state index contributed by atoms with van der Waals surface area (Å²) in [5, 5.41) is 9.17. The van der Waals surface area contributed by atoms with Crippen LogP contribution >= 0.6 is 0 Å². The second-order valence-corrected chi connectivity index (χ2v) is 5.48. The van der Waals surface area contributed by atoms with E-state index in [-0.39, 0.29) is 6.10 Å². The highest BCUT2D eigenvalue weighted by Gasteiger charge is 2.33. The maximum absolute atomic E-state index is 11.4. The summed E-state index contributed by atoms with van der Waals surface area (Å²) in [5.74, 6) is 1.10. The summed E-state index contributed by atoms with van der Waals surface area (Å²) >= 11 is 0. The molecule has 16 heavy (non-hydrogen) atoms. The summed E-state index contributed by atoms with van der Waals surface area (Å²) in [4.78, 5) is 11.4. The van der Waals surface area contributed by atoms with E-state index in [1.807, 2.05) is 0 Å². The Bertz CT molecular complexity index is 235. The van der Waals surface area contributed by atoms with Gasteiger partial charge < -0.3 is 9.84 Å². The summed E-state index contributed by atoms with van der Waals surface area (Å²) in [5.41, 5.74) is 0. The van der Waals surface area contributed by atoms with E-state index in [9.17, 15) is 4.79 Å². The summed E-state index contributed by atoms with van der Waals surface area (Å²) in [6.45, 7) is 7.99. The Balaban J connectivity index is 2.61. The average Bonchev–Trinajstić information content (AvgIpc) is 2.16.